The molecule has 5 heteroatoms. The zero-order valence-corrected chi connectivity index (χ0v) is 12.5. The van der Waals surface area contributed by atoms with Gasteiger partial charge in [-0.3, -0.25) is 10.1 Å². The Kier molecular flexibility index (Phi) is 5.28. The molecule has 1 N–H and O–H groups in total. The molecule has 116 valence electrons. The standard InChI is InChI=1S/C16H22F2N2O/c1-3-5-9-20-15(19-14(6-4-2)16(20)21)11-7-8-12(17)13(18)10-11/h7-8,10,14-15,19H,3-6,9H2,1-2H3. The van der Waals surface area contributed by atoms with Gasteiger partial charge in [0.1, 0.15) is 6.17 Å². The molecule has 1 aromatic rings. The number of nitrogens with one attached hydrogen (secondary N) is 1. The van der Waals surface area contributed by atoms with E-state index < -0.39 is 11.6 Å². The predicted octanol–water partition coefficient (Wildman–Crippen LogP) is 3.36. The molecule has 1 amide bonds. The maximum Gasteiger partial charge on any atom is 0.241 e. The van der Waals surface area contributed by atoms with Crippen LogP contribution < -0.4 is 5.32 Å². The van der Waals surface area contributed by atoms with Crippen molar-refractivity contribution >= 4 is 5.91 Å². The molecule has 3 nitrogen and oxygen atoms in total. The van der Waals surface area contributed by atoms with Gasteiger partial charge in [0.2, 0.25) is 5.91 Å². The lowest BCUT2D eigenvalue weighted by Crippen LogP contribution is -2.32. The summed E-state index contributed by atoms with van der Waals surface area (Å²) in [6.45, 7) is 4.71. The van der Waals surface area contributed by atoms with Crippen molar-refractivity contribution in [3.63, 3.8) is 0 Å². The summed E-state index contributed by atoms with van der Waals surface area (Å²) in [5.41, 5.74) is 0.594. The van der Waals surface area contributed by atoms with Gasteiger partial charge in [0.15, 0.2) is 11.6 Å². The van der Waals surface area contributed by atoms with E-state index in [2.05, 4.69) is 12.2 Å². The molecule has 2 rings (SSSR count). The Morgan fingerprint density at radius 2 is 1.95 bits per heavy atom. The van der Waals surface area contributed by atoms with Crippen molar-refractivity contribution in [1.82, 2.24) is 10.2 Å². The molecule has 2 atom stereocenters. The number of hydrogen-bond donors (Lipinski definition) is 1. The number of unbranched alkanes of at least 4 members (excludes halogenated alkanes) is 1. The van der Waals surface area contributed by atoms with Gasteiger partial charge < -0.3 is 4.90 Å². The van der Waals surface area contributed by atoms with Crippen LogP contribution in [0.25, 0.3) is 0 Å². The SMILES string of the molecule is CCCCN1C(=O)C(CCC)NC1c1ccc(F)c(F)c1. The first kappa shape index (κ1) is 15.9. The number of benzene rings is 1. The highest BCUT2D eigenvalue weighted by Gasteiger charge is 2.38. The van der Waals surface area contributed by atoms with Gasteiger partial charge in [-0.25, -0.2) is 8.78 Å². The smallest absolute Gasteiger partial charge is 0.241 e. The van der Waals surface area contributed by atoms with Crippen LogP contribution in [-0.4, -0.2) is 23.4 Å². The summed E-state index contributed by atoms with van der Waals surface area (Å²) >= 11 is 0. The average Bonchev–Trinajstić information content (AvgIpc) is 2.77. The third-order valence-electron chi connectivity index (χ3n) is 3.84. The van der Waals surface area contributed by atoms with Gasteiger partial charge in [-0.05, 0) is 30.5 Å². The summed E-state index contributed by atoms with van der Waals surface area (Å²) in [4.78, 5) is 14.2. The van der Waals surface area contributed by atoms with Gasteiger partial charge in [-0.2, -0.15) is 0 Å². The number of carbonyl (C=O) groups excluding carboxylic acids is 1. The lowest BCUT2D eigenvalue weighted by molar-refractivity contribution is -0.130. The van der Waals surface area contributed by atoms with Crippen LogP contribution in [0.5, 0.6) is 0 Å². The summed E-state index contributed by atoms with van der Waals surface area (Å²) in [6.07, 6.45) is 3.16. The molecule has 0 bridgehead atoms. The van der Waals surface area contributed by atoms with Gasteiger partial charge in [-0.15, -0.1) is 0 Å². The van der Waals surface area contributed by atoms with Crippen LogP contribution in [0, 0.1) is 11.6 Å². The summed E-state index contributed by atoms with van der Waals surface area (Å²) < 4.78 is 26.5. The topological polar surface area (TPSA) is 32.3 Å². The number of halogens is 2. The van der Waals surface area contributed by atoms with Crippen LogP contribution in [0.15, 0.2) is 18.2 Å². The molecule has 1 saturated heterocycles. The van der Waals surface area contributed by atoms with E-state index in [9.17, 15) is 13.6 Å². The third-order valence-corrected chi connectivity index (χ3v) is 3.84. The van der Waals surface area contributed by atoms with Crippen LogP contribution in [0.3, 0.4) is 0 Å². The van der Waals surface area contributed by atoms with Crippen LogP contribution in [0.2, 0.25) is 0 Å². The number of rotatable bonds is 6. The van der Waals surface area contributed by atoms with Crippen LogP contribution in [0.4, 0.5) is 8.78 Å². The van der Waals surface area contributed by atoms with E-state index in [-0.39, 0.29) is 18.1 Å². The van der Waals surface area contributed by atoms with Crippen molar-refractivity contribution in [2.75, 3.05) is 6.54 Å². The molecule has 21 heavy (non-hydrogen) atoms. The number of carbonyl (C=O) groups is 1. The summed E-state index contributed by atoms with van der Waals surface area (Å²) in [7, 11) is 0. The Labute approximate surface area is 124 Å². The zero-order chi connectivity index (χ0) is 15.4. The highest BCUT2D eigenvalue weighted by atomic mass is 19.2. The Balaban J connectivity index is 2.24. The Morgan fingerprint density at radius 3 is 2.57 bits per heavy atom. The average molecular weight is 296 g/mol. The minimum absolute atomic E-state index is 0.0556. The Morgan fingerprint density at radius 1 is 1.19 bits per heavy atom. The van der Waals surface area contributed by atoms with E-state index in [0.29, 0.717) is 12.1 Å². The van der Waals surface area contributed by atoms with Crippen LogP contribution in [-0.2, 0) is 4.79 Å². The number of hydrogen-bond acceptors (Lipinski definition) is 2. The first-order chi connectivity index (χ1) is 10.1. The molecule has 0 saturated carbocycles. The van der Waals surface area contributed by atoms with Crippen molar-refractivity contribution in [2.45, 2.75) is 51.7 Å². The lowest BCUT2D eigenvalue weighted by atomic mass is 10.1. The number of nitrogens with zero attached hydrogens (tertiary/aromatic N) is 1. The molecule has 0 spiro atoms. The second kappa shape index (κ2) is 6.98. The van der Waals surface area contributed by atoms with Gasteiger partial charge in [0.05, 0.1) is 6.04 Å². The molecule has 1 aromatic carbocycles. The van der Waals surface area contributed by atoms with E-state index in [1.54, 1.807) is 4.90 Å². The molecule has 1 fully saturated rings. The molecular weight excluding hydrogens is 274 g/mol. The summed E-state index contributed by atoms with van der Waals surface area (Å²) in [5.74, 6) is -1.69. The highest BCUT2D eigenvalue weighted by molar-refractivity contribution is 5.84. The fourth-order valence-electron chi connectivity index (χ4n) is 2.70. The van der Waals surface area contributed by atoms with Crippen molar-refractivity contribution in [1.29, 1.82) is 0 Å². The van der Waals surface area contributed by atoms with Gasteiger partial charge in [0.25, 0.3) is 0 Å². The summed E-state index contributed by atoms with van der Waals surface area (Å²) in [6, 6.07) is 3.59. The molecule has 0 aliphatic carbocycles. The predicted molar refractivity (Wildman–Crippen MR) is 77.6 cm³/mol. The van der Waals surface area contributed by atoms with Crippen molar-refractivity contribution < 1.29 is 13.6 Å². The maximum atomic E-state index is 13.4. The van der Waals surface area contributed by atoms with Gasteiger partial charge >= 0.3 is 0 Å². The monoisotopic (exact) mass is 296 g/mol. The normalized spacial score (nSPS) is 22.1. The summed E-state index contributed by atoms with van der Waals surface area (Å²) in [5, 5.41) is 3.25. The zero-order valence-electron chi connectivity index (χ0n) is 12.5. The molecule has 1 aliphatic rings. The van der Waals surface area contributed by atoms with Crippen LogP contribution >= 0.6 is 0 Å². The molecular formula is C16H22F2N2O. The largest absolute Gasteiger partial charge is 0.322 e. The van der Waals surface area contributed by atoms with Crippen molar-refractivity contribution in [2.24, 2.45) is 0 Å². The quantitative estimate of drug-likeness (QED) is 0.873. The Bertz CT molecular complexity index is 507. The highest BCUT2D eigenvalue weighted by Crippen LogP contribution is 2.28. The fourth-order valence-corrected chi connectivity index (χ4v) is 2.70. The van der Waals surface area contributed by atoms with Gasteiger partial charge in [0, 0.05) is 6.54 Å². The lowest BCUT2D eigenvalue weighted by Gasteiger charge is -2.24. The van der Waals surface area contributed by atoms with E-state index in [4.69, 9.17) is 0 Å². The van der Waals surface area contributed by atoms with Gasteiger partial charge in [-0.1, -0.05) is 32.8 Å². The maximum absolute atomic E-state index is 13.4. The molecule has 2 unspecified atom stereocenters. The first-order valence-corrected chi connectivity index (χ1v) is 7.60. The molecule has 0 radical (unpaired) electrons. The van der Waals surface area contributed by atoms with E-state index >= 15 is 0 Å². The minimum atomic E-state index is -0.879. The van der Waals surface area contributed by atoms with Crippen molar-refractivity contribution in [3.05, 3.63) is 35.4 Å². The van der Waals surface area contributed by atoms with Crippen molar-refractivity contribution in [3.8, 4) is 0 Å². The van der Waals surface area contributed by atoms with E-state index in [0.717, 1.165) is 31.7 Å². The Hall–Kier alpha value is -1.49. The van der Waals surface area contributed by atoms with E-state index in [1.165, 1.54) is 12.1 Å². The minimum Gasteiger partial charge on any atom is -0.322 e. The van der Waals surface area contributed by atoms with E-state index in [1.807, 2.05) is 6.92 Å². The molecule has 1 aliphatic heterocycles. The second-order valence-corrected chi connectivity index (χ2v) is 5.47. The first-order valence-electron chi connectivity index (χ1n) is 7.60. The fraction of sp³-hybridized carbons (Fsp3) is 0.562. The second-order valence-electron chi connectivity index (χ2n) is 5.47. The van der Waals surface area contributed by atoms with Crippen LogP contribution in [0.1, 0.15) is 51.3 Å². The number of amides is 1. The molecule has 1 heterocycles. The third kappa shape index (κ3) is 3.40. The molecule has 0 aromatic heterocycles.